The zero-order valence-corrected chi connectivity index (χ0v) is 12.1. The standard InChI is InChI=1S/C18H14N2O2/c1-11-5-4-7-13-16(21)9-14(17(11)13)18(22)20-15-8-3-2-6-12(15)10-19/h2-8,14H,9H2,1H3,(H,20,22). The summed E-state index contributed by atoms with van der Waals surface area (Å²) >= 11 is 0. The topological polar surface area (TPSA) is 70.0 Å². The van der Waals surface area contributed by atoms with Crippen molar-refractivity contribution in [1.82, 2.24) is 0 Å². The molecule has 0 saturated heterocycles. The summed E-state index contributed by atoms with van der Waals surface area (Å²) in [6.45, 7) is 1.90. The van der Waals surface area contributed by atoms with Gasteiger partial charge in [-0.25, -0.2) is 0 Å². The molecule has 0 spiro atoms. The summed E-state index contributed by atoms with van der Waals surface area (Å²) in [6.07, 6.45) is 0.181. The molecule has 0 fully saturated rings. The van der Waals surface area contributed by atoms with Crippen LogP contribution in [0.1, 0.15) is 39.4 Å². The predicted molar refractivity (Wildman–Crippen MR) is 82.7 cm³/mol. The summed E-state index contributed by atoms with van der Waals surface area (Å²) in [5.74, 6) is -0.744. The van der Waals surface area contributed by atoms with Gasteiger partial charge in [0, 0.05) is 12.0 Å². The van der Waals surface area contributed by atoms with Crippen molar-refractivity contribution in [2.75, 3.05) is 5.32 Å². The normalized spacial score (nSPS) is 16.0. The molecule has 1 amide bonds. The number of Topliss-reactive ketones (excluding diaryl/α,β-unsaturated/α-hetero) is 1. The van der Waals surface area contributed by atoms with E-state index in [2.05, 4.69) is 5.32 Å². The van der Waals surface area contributed by atoms with Crippen LogP contribution in [0.25, 0.3) is 0 Å². The van der Waals surface area contributed by atoms with Crippen molar-refractivity contribution in [3.8, 4) is 6.07 Å². The third-order valence-corrected chi connectivity index (χ3v) is 3.98. The number of para-hydroxylation sites is 1. The molecule has 0 saturated carbocycles. The third kappa shape index (κ3) is 2.27. The average Bonchev–Trinajstić information content (AvgIpc) is 2.87. The minimum atomic E-state index is -0.490. The number of rotatable bonds is 2. The molecule has 0 radical (unpaired) electrons. The Morgan fingerprint density at radius 2 is 2.00 bits per heavy atom. The zero-order valence-electron chi connectivity index (χ0n) is 12.1. The molecule has 108 valence electrons. The van der Waals surface area contributed by atoms with Crippen molar-refractivity contribution in [3.05, 3.63) is 64.7 Å². The predicted octanol–water partition coefficient (Wildman–Crippen LogP) is 3.18. The number of nitrogens with one attached hydrogen (secondary N) is 1. The van der Waals surface area contributed by atoms with Crippen LogP contribution in [0.4, 0.5) is 5.69 Å². The molecule has 4 heteroatoms. The first kappa shape index (κ1) is 14.0. The van der Waals surface area contributed by atoms with Crippen LogP contribution in [0.5, 0.6) is 0 Å². The Kier molecular flexibility index (Phi) is 3.48. The number of carbonyl (C=O) groups excluding carboxylic acids is 2. The second-order valence-electron chi connectivity index (χ2n) is 5.36. The summed E-state index contributed by atoms with van der Waals surface area (Å²) in [7, 11) is 0. The number of anilines is 1. The molecule has 1 atom stereocenters. The minimum absolute atomic E-state index is 0.00702. The molecule has 1 aliphatic carbocycles. The van der Waals surface area contributed by atoms with E-state index in [4.69, 9.17) is 5.26 Å². The van der Waals surface area contributed by atoms with Gasteiger partial charge in [0.15, 0.2) is 5.78 Å². The van der Waals surface area contributed by atoms with Gasteiger partial charge in [0.25, 0.3) is 0 Å². The smallest absolute Gasteiger partial charge is 0.232 e. The van der Waals surface area contributed by atoms with Crippen molar-refractivity contribution in [1.29, 1.82) is 5.26 Å². The second kappa shape index (κ2) is 5.45. The third-order valence-electron chi connectivity index (χ3n) is 3.98. The molecule has 1 aliphatic rings. The monoisotopic (exact) mass is 290 g/mol. The van der Waals surface area contributed by atoms with E-state index < -0.39 is 5.92 Å². The summed E-state index contributed by atoms with van der Waals surface area (Å²) in [5, 5.41) is 11.9. The number of carbonyl (C=O) groups is 2. The molecular weight excluding hydrogens is 276 g/mol. The second-order valence-corrected chi connectivity index (χ2v) is 5.36. The Hall–Kier alpha value is -2.93. The maximum absolute atomic E-state index is 12.6. The lowest BCUT2D eigenvalue weighted by atomic mass is 9.95. The summed E-state index contributed by atoms with van der Waals surface area (Å²) in [6, 6.07) is 14.4. The summed E-state index contributed by atoms with van der Waals surface area (Å²) in [5.41, 5.74) is 3.26. The summed E-state index contributed by atoms with van der Waals surface area (Å²) in [4.78, 5) is 24.6. The number of ketones is 1. The SMILES string of the molecule is Cc1cccc2c1C(C(=O)Nc1ccccc1C#N)CC2=O. The van der Waals surface area contributed by atoms with Crippen molar-refractivity contribution < 1.29 is 9.59 Å². The van der Waals surface area contributed by atoms with Crippen LogP contribution in [0.3, 0.4) is 0 Å². The highest BCUT2D eigenvalue weighted by Crippen LogP contribution is 2.36. The number of amides is 1. The van der Waals surface area contributed by atoms with E-state index in [1.54, 1.807) is 30.3 Å². The summed E-state index contributed by atoms with van der Waals surface area (Å²) < 4.78 is 0. The number of hydrogen-bond donors (Lipinski definition) is 1. The van der Waals surface area contributed by atoms with E-state index in [0.29, 0.717) is 16.8 Å². The lowest BCUT2D eigenvalue weighted by Gasteiger charge is -2.14. The van der Waals surface area contributed by atoms with E-state index in [9.17, 15) is 9.59 Å². The largest absolute Gasteiger partial charge is 0.324 e. The van der Waals surface area contributed by atoms with Crippen LogP contribution >= 0.6 is 0 Å². The number of nitrogens with zero attached hydrogens (tertiary/aromatic N) is 1. The number of fused-ring (bicyclic) bond motifs is 1. The van der Waals surface area contributed by atoms with Gasteiger partial charge >= 0.3 is 0 Å². The fourth-order valence-corrected chi connectivity index (χ4v) is 2.92. The van der Waals surface area contributed by atoms with Gasteiger partial charge in [-0.2, -0.15) is 5.26 Å². The Morgan fingerprint density at radius 3 is 2.77 bits per heavy atom. The molecule has 0 heterocycles. The van der Waals surface area contributed by atoms with Crippen LogP contribution in [-0.4, -0.2) is 11.7 Å². The fourth-order valence-electron chi connectivity index (χ4n) is 2.92. The van der Waals surface area contributed by atoms with E-state index in [1.807, 2.05) is 25.1 Å². The van der Waals surface area contributed by atoms with Crippen molar-refractivity contribution in [3.63, 3.8) is 0 Å². The average molecular weight is 290 g/mol. The van der Waals surface area contributed by atoms with Gasteiger partial charge in [0.05, 0.1) is 17.2 Å². The van der Waals surface area contributed by atoms with Crippen LogP contribution < -0.4 is 5.32 Å². The van der Waals surface area contributed by atoms with Crippen molar-refractivity contribution in [2.45, 2.75) is 19.3 Å². The quantitative estimate of drug-likeness (QED) is 0.923. The van der Waals surface area contributed by atoms with Crippen LogP contribution in [0.15, 0.2) is 42.5 Å². The first-order valence-corrected chi connectivity index (χ1v) is 7.04. The van der Waals surface area contributed by atoms with Gasteiger partial charge in [-0.3, -0.25) is 9.59 Å². The number of hydrogen-bond acceptors (Lipinski definition) is 3. The minimum Gasteiger partial charge on any atom is -0.324 e. The highest BCUT2D eigenvalue weighted by Gasteiger charge is 2.35. The zero-order chi connectivity index (χ0) is 15.7. The molecule has 1 unspecified atom stereocenters. The van der Waals surface area contributed by atoms with E-state index >= 15 is 0 Å². The molecule has 3 rings (SSSR count). The van der Waals surface area contributed by atoms with Crippen LogP contribution in [-0.2, 0) is 4.79 Å². The molecule has 0 aliphatic heterocycles. The fraction of sp³-hybridized carbons (Fsp3) is 0.167. The van der Waals surface area contributed by atoms with Gasteiger partial charge in [-0.1, -0.05) is 30.3 Å². The van der Waals surface area contributed by atoms with E-state index in [-0.39, 0.29) is 18.1 Å². The molecule has 22 heavy (non-hydrogen) atoms. The molecule has 1 N–H and O–H groups in total. The molecular formula is C18H14N2O2. The lowest BCUT2D eigenvalue weighted by molar-refractivity contribution is -0.117. The first-order chi connectivity index (χ1) is 10.6. The lowest BCUT2D eigenvalue weighted by Crippen LogP contribution is -2.20. The Bertz CT molecular complexity index is 818. The first-order valence-electron chi connectivity index (χ1n) is 7.04. The molecule has 2 aromatic carbocycles. The number of benzene rings is 2. The van der Waals surface area contributed by atoms with Crippen molar-refractivity contribution >= 4 is 17.4 Å². The van der Waals surface area contributed by atoms with Gasteiger partial charge < -0.3 is 5.32 Å². The molecule has 0 aromatic heterocycles. The van der Waals surface area contributed by atoms with E-state index in [1.165, 1.54) is 0 Å². The van der Waals surface area contributed by atoms with Gasteiger partial charge in [-0.15, -0.1) is 0 Å². The maximum atomic E-state index is 12.6. The van der Waals surface area contributed by atoms with E-state index in [0.717, 1.165) is 11.1 Å². The molecule has 0 bridgehead atoms. The number of nitriles is 1. The molecule has 2 aromatic rings. The van der Waals surface area contributed by atoms with Gasteiger partial charge in [0.1, 0.15) is 6.07 Å². The van der Waals surface area contributed by atoms with Crippen molar-refractivity contribution in [2.24, 2.45) is 0 Å². The Labute approximate surface area is 128 Å². The maximum Gasteiger partial charge on any atom is 0.232 e. The van der Waals surface area contributed by atoms with Crippen LogP contribution in [0.2, 0.25) is 0 Å². The highest BCUT2D eigenvalue weighted by molar-refractivity contribution is 6.10. The number of aryl methyl sites for hydroxylation is 1. The highest BCUT2D eigenvalue weighted by atomic mass is 16.2. The van der Waals surface area contributed by atoms with Gasteiger partial charge in [0.2, 0.25) is 5.91 Å². The Morgan fingerprint density at radius 1 is 1.23 bits per heavy atom. The molecule has 4 nitrogen and oxygen atoms in total. The Balaban J connectivity index is 1.93. The van der Waals surface area contributed by atoms with Crippen LogP contribution in [0, 0.1) is 18.3 Å². The van der Waals surface area contributed by atoms with Gasteiger partial charge in [-0.05, 0) is 30.2 Å².